The van der Waals surface area contributed by atoms with Crippen LogP contribution in [0, 0.1) is 12.1 Å². The van der Waals surface area contributed by atoms with Crippen LogP contribution in [0.2, 0.25) is 19.6 Å². The van der Waals surface area contributed by atoms with Crippen LogP contribution in [0.4, 0.5) is 0 Å². The maximum atomic E-state index is 9.04. The summed E-state index contributed by atoms with van der Waals surface area (Å²) in [7, 11) is -1.77. The summed E-state index contributed by atoms with van der Waals surface area (Å²) in [6, 6.07) is 61.6. The molecule has 0 amide bonds. The first kappa shape index (κ1) is 36.4. The van der Waals surface area contributed by atoms with Crippen LogP contribution in [0.25, 0.3) is 72.1 Å². The van der Waals surface area contributed by atoms with Crippen molar-refractivity contribution >= 4 is 57.0 Å². The molecule has 10 rings (SSSR count). The van der Waals surface area contributed by atoms with Crippen LogP contribution in [0.1, 0.15) is 26.7 Å². The smallest absolute Gasteiger partial charge is 0.120 e. The van der Waals surface area contributed by atoms with E-state index in [9.17, 15) is 0 Å². The van der Waals surface area contributed by atoms with Crippen LogP contribution < -0.4 is 5.19 Å². The van der Waals surface area contributed by atoms with Crippen molar-refractivity contribution in [1.29, 1.82) is 0 Å². The Hall–Kier alpha value is -5.91. The van der Waals surface area contributed by atoms with Crippen molar-refractivity contribution < 1.29 is 27.3 Å². The van der Waals surface area contributed by atoms with Crippen LogP contribution in [-0.2, 0) is 26.5 Å². The van der Waals surface area contributed by atoms with Crippen LogP contribution in [0.3, 0.4) is 0 Å². The van der Waals surface area contributed by atoms with Crippen molar-refractivity contribution in [3.05, 3.63) is 193 Å². The Bertz CT molecular complexity index is 3100. The number of benzene rings is 7. The molecule has 287 valence electrons. The first-order valence-electron chi connectivity index (χ1n) is 20.4. The van der Waals surface area contributed by atoms with Crippen molar-refractivity contribution in [1.82, 2.24) is 14.5 Å². The number of aromatic nitrogens is 3. The molecule has 3 heterocycles. The number of nitrogens with zero attached hydrogens (tertiary/aromatic N) is 3. The quantitative estimate of drug-likeness (QED) is 0.118. The number of fused-ring (bicyclic) bond motifs is 5. The molecule has 0 aliphatic carbocycles. The molecule has 6 heteroatoms. The molecule has 0 spiro atoms. The van der Waals surface area contributed by atoms with E-state index in [1.165, 1.54) is 10.8 Å². The number of hydrogen-bond acceptors (Lipinski definition) is 3. The second-order valence-corrected chi connectivity index (χ2v) is 20.4. The molecule has 0 bridgehead atoms. The fraction of sp³-hybridized carbons (Fsp3) is 0.115. The Morgan fingerprint density at radius 1 is 0.724 bits per heavy atom. The number of para-hydroxylation sites is 3. The van der Waals surface area contributed by atoms with Gasteiger partial charge in [-0.25, -0.2) is 0 Å². The van der Waals surface area contributed by atoms with Gasteiger partial charge in [0, 0.05) is 40.1 Å². The zero-order valence-corrected chi connectivity index (χ0v) is 36.2. The summed E-state index contributed by atoms with van der Waals surface area (Å²) in [5.74, 6) is 0.565. The Morgan fingerprint density at radius 3 is 2.28 bits per heavy atom. The average molecular weight is 948 g/mol. The number of imidazole rings is 1. The molecule has 1 atom stereocenters. The van der Waals surface area contributed by atoms with Gasteiger partial charge in [0.15, 0.2) is 0 Å². The summed E-state index contributed by atoms with van der Waals surface area (Å²) in [6.07, 6.45) is 0.400. The number of rotatable bonds is 7. The van der Waals surface area contributed by atoms with Crippen molar-refractivity contribution in [3.8, 4) is 28.3 Å². The molecule has 7 aromatic carbocycles. The predicted octanol–water partition coefficient (Wildman–Crippen LogP) is 13.0. The Kier molecular flexibility index (Phi) is 10.4. The molecule has 0 N–H and O–H groups in total. The molecule has 0 aliphatic rings. The largest absolute Gasteiger partial charge is 0.501 e. The molecule has 4 nitrogen and oxygen atoms in total. The monoisotopic (exact) mass is 948 g/mol. The molecular formula is C52H43IrN3OSi-2. The van der Waals surface area contributed by atoms with Crippen molar-refractivity contribution in [3.63, 3.8) is 0 Å². The maximum Gasteiger partial charge on any atom is 0.120 e. The van der Waals surface area contributed by atoms with Crippen molar-refractivity contribution in [2.24, 2.45) is 0 Å². The van der Waals surface area contributed by atoms with Gasteiger partial charge in [-0.15, -0.1) is 54.1 Å². The van der Waals surface area contributed by atoms with E-state index < -0.39 is 14.4 Å². The van der Waals surface area contributed by atoms with Gasteiger partial charge in [-0.05, 0) is 69.8 Å². The molecule has 3 aromatic heterocycles. The first-order valence-corrected chi connectivity index (χ1v) is 22.9. The standard InChI is InChI=1S/C29H17N2O.C23H26NSi.Ir/c1-2-9-20-18-21(17-16-19(20)8-1)31-26-14-5-4-13-25(26)30-29(31)24-12-7-11-23-22-10-3-6-15-27(22)32-28(23)24;1-18(19-11-7-5-8-12-19)15-21-16-22(20-13-9-6-10-14-20)24-17-23(21)25(2,3)4;/h1-11,13-18H;5-13,16-18H,15H2,1-4H3;/q2*-1;/i;15D2;. The van der Waals surface area contributed by atoms with E-state index >= 15 is 0 Å². The second kappa shape index (κ2) is 16.5. The minimum absolute atomic E-state index is 0. The fourth-order valence-corrected chi connectivity index (χ4v) is 8.96. The molecular weight excluding hydrogens is 903 g/mol. The first-order chi connectivity index (χ1) is 28.6. The average Bonchev–Trinajstić information content (AvgIpc) is 3.85. The van der Waals surface area contributed by atoms with Gasteiger partial charge in [0.2, 0.25) is 0 Å². The van der Waals surface area contributed by atoms with Crippen LogP contribution in [-0.4, -0.2) is 22.6 Å². The third-order valence-corrected chi connectivity index (χ3v) is 12.5. The van der Waals surface area contributed by atoms with Gasteiger partial charge in [0.05, 0.1) is 30.5 Å². The van der Waals surface area contributed by atoms with E-state index in [-0.39, 0.29) is 26.0 Å². The second-order valence-electron chi connectivity index (χ2n) is 15.4. The molecule has 10 aromatic rings. The topological polar surface area (TPSA) is 43.9 Å². The summed E-state index contributed by atoms with van der Waals surface area (Å²) in [5, 5.41) is 5.67. The van der Waals surface area contributed by atoms with E-state index in [2.05, 4.69) is 114 Å². The van der Waals surface area contributed by atoms with Gasteiger partial charge < -0.3 is 14.0 Å². The summed E-state index contributed by atoms with van der Waals surface area (Å²) >= 11 is 0. The molecule has 58 heavy (non-hydrogen) atoms. The van der Waals surface area contributed by atoms with E-state index in [0.717, 1.165) is 77.6 Å². The summed E-state index contributed by atoms with van der Waals surface area (Å²) in [4.78, 5) is 9.69. The Balaban J connectivity index is 0.000000166. The zero-order chi connectivity index (χ0) is 40.7. The van der Waals surface area contributed by atoms with Crippen LogP contribution in [0.5, 0.6) is 0 Å². The SMILES string of the molecule is [2H]C([2H])(c1cc(-c2[c-]cccc2)ncc1[Si](C)(C)C)C(C)c1ccccc1.[Ir].[c-]1ccc2c(oc3ccccc32)c1-c1nc2ccccc2n1-c1ccc2ccccc2c1. The Labute approximate surface area is 357 Å². The van der Waals surface area contributed by atoms with Gasteiger partial charge >= 0.3 is 0 Å². The van der Waals surface area contributed by atoms with Crippen LogP contribution in [0.15, 0.2) is 174 Å². The molecule has 0 aliphatic heterocycles. The predicted molar refractivity (Wildman–Crippen MR) is 240 cm³/mol. The van der Waals surface area contributed by atoms with Gasteiger partial charge in [-0.3, -0.25) is 4.98 Å². The zero-order valence-electron chi connectivity index (χ0n) is 34.8. The van der Waals surface area contributed by atoms with E-state index in [4.69, 9.17) is 12.1 Å². The molecule has 0 saturated heterocycles. The van der Waals surface area contributed by atoms with Crippen molar-refractivity contribution in [2.45, 2.75) is 38.9 Å². The van der Waals surface area contributed by atoms with E-state index in [0.29, 0.717) is 0 Å². The third-order valence-electron chi connectivity index (χ3n) is 10.5. The van der Waals surface area contributed by atoms with Gasteiger partial charge in [0.25, 0.3) is 0 Å². The number of pyridine rings is 1. The minimum atomic E-state index is -1.77. The van der Waals surface area contributed by atoms with E-state index in [1.807, 2.05) is 104 Å². The molecule has 1 radical (unpaired) electrons. The van der Waals surface area contributed by atoms with Gasteiger partial charge in [-0.2, -0.15) is 0 Å². The molecule has 1 unspecified atom stereocenters. The number of hydrogen-bond donors (Lipinski definition) is 0. The fourth-order valence-electron chi connectivity index (χ4n) is 7.56. The summed E-state index contributed by atoms with van der Waals surface area (Å²) in [5.41, 5.74) is 9.05. The van der Waals surface area contributed by atoms with Crippen LogP contribution >= 0.6 is 0 Å². The molecule has 0 fully saturated rings. The summed E-state index contributed by atoms with van der Waals surface area (Å²) in [6.45, 7) is 8.69. The third kappa shape index (κ3) is 7.71. The molecule has 0 saturated carbocycles. The number of furan rings is 1. The van der Waals surface area contributed by atoms with Crippen molar-refractivity contribution in [2.75, 3.05) is 0 Å². The summed E-state index contributed by atoms with van der Waals surface area (Å²) < 4.78 is 26.6. The van der Waals surface area contributed by atoms with E-state index in [1.54, 1.807) is 0 Å². The Morgan fingerprint density at radius 2 is 1.47 bits per heavy atom. The normalized spacial score (nSPS) is 12.8. The minimum Gasteiger partial charge on any atom is -0.501 e. The van der Waals surface area contributed by atoms with Gasteiger partial charge in [0.1, 0.15) is 5.58 Å². The maximum absolute atomic E-state index is 9.04. The van der Waals surface area contributed by atoms with Gasteiger partial charge in [-0.1, -0.05) is 140 Å².